The average Bonchev–Trinajstić information content (AvgIpc) is 2.50. The van der Waals surface area contributed by atoms with Crippen molar-refractivity contribution < 1.29 is 18.1 Å². The van der Waals surface area contributed by atoms with E-state index < -0.39 is 15.9 Å². The van der Waals surface area contributed by atoms with E-state index in [1.54, 1.807) is 0 Å². The fourth-order valence-corrected chi connectivity index (χ4v) is 6.13. The molecule has 0 heterocycles. The monoisotopic (exact) mass is 398 g/mol. The molecule has 1 atom stereocenters. The van der Waals surface area contributed by atoms with Crippen LogP contribution in [0.2, 0.25) is 13.1 Å². The molecule has 0 N–H and O–H groups in total. The first-order valence-electron chi connectivity index (χ1n) is 9.35. The lowest BCUT2D eigenvalue weighted by molar-refractivity contribution is 0.0474. The summed E-state index contributed by atoms with van der Waals surface area (Å²) < 4.78 is 30.0. The summed E-state index contributed by atoms with van der Waals surface area (Å²) in [6.45, 7) is 16.0. The predicted molar refractivity (Wildman–Crippen MR) is 112 cm³/mol. The lowest BCUT2D eigenvalue weighted by atomic mass is 10.1. The number of hydrogen-bond donors (Lipinski definition) is 0. The van der Waals surface area contributed by atoms with Gasteiger partial charge in [-0.15, -0.1) is 0 Å². The molecular weight excluding hydrogens is 363 g/mol. The Bertz CT molecular complexity index is 597. The summed E-state index contributed by atoms with van der Waals surface area (Å²) in [7, 11) is -5.39. The molecule has 0 aromatic heterocycles. The van der Waals surface area contributed by atoms with Gasteiger partial charge in [0.25, 0.3) is 0 Å². The molecule has 0 unspecified atom stereocenters. The van der Waals surface area contributed by atoms with Crippen LogP contribution in [0.25, 0.3) is 0 Å². The number of rotatable bonds is 10. The highest BCUT2D eigenvalue weighted by Crippen LogP contribution is 2.53. The van der Waals surface area contributed by atoms with E-state index in [1.807, 2.05) is 53.7 Å². The first kappa shape index (κ1) is 23.3. The molecule has 0 aliphatic rings. The molecule has 0 fully saturated rings. The van der Waals surface area contributed by atoms with Crippen molar-refractivity contribution >= 4 is 21.1 Å². The summed E-state index contributed by atoms with van der Waals surface area (Å²) in [6.07, 6.45) is 1.20. The molecule has 1 aromatic carbocycles. The predicted octanol–water partition coefficient (Wildman–Crippen LogP) is 5.70. The van der Waals surface area contributed by atoms with Gasteiger partial charge in [-0.1, -0.05) is 74.2 Å². The van der Waals surface area contributed by atoms with Crippen LogP contribution in [-0.4, -0.2) is 26.4 Å². The third kappa shape index (κ3) is 7.89. The van der Waals surface area contributed by atoms with Crippen molar-refractivity contribution in [3.63, 3.8) is 0 Å². The van der Waals surface area contributed by atoms with Crippen LogP contribution in [0.5, 0.6) is 0 Å². The van der Waals surface area contributed by atoms with E-state index in [0.717, 1.165) is 0 Å². The maximum atomic E-state index is 13.1. The number of benzene rings is 1. The van der Waals surface area contributed by atoms with Gasteiger partial charge < -0.3 is 0 Å². The van der Waals surface area contributed by atoms with Gasteiger partial charge in [0.2, 0.25) is 0 Å². The van der Waals surface area contributed by atoms with Gasteiger partial charge in [-0.2, -0.15) is 0 Å². The second-order valence-corrected chi connectivity index (χ2v) is 13.9. The van der Waals surface area contributed by atoms with Crippen LogP contribution in [0.3, 0.4) is 0 Å². The largest absolute Gasteiger partial charge is 0.475 e. The SMILES string of the molecule is CC(C)OP(=O)(OC(C)C)O[C@H](/C=C\[Si](C)(C)c1ccccc1)C(C)C. The molecule has 1 aromatic rings. The highest BCUT2D eigenvalue weighted by atomic mass is 31.2. The Kier molecular flexibility index (Phi) is 8.97. The van der Waals surface area contributed by atoms with E-state index in [0.29, 0.717) is 0 Å². The second-order valence-electron chi connectivity index (χ2n) is 8.02. The molecule has 0 saturated carbocycles. The molecule has 1 rings (SSSR count). The standard InChI is InChI=1S/C20H35O4PSi/c1-16(2)20(24-25(21,22-17(3)4)23-18(5)6)14-15-26(7,8)19-12-10-9-11-13-19/h9-18,20H,1-8H3/b15-14-/t20-/m1/s1. The Labute approximate surface area is 160 Å². The zero-order valence-electron chi connectivity index (χ0n) is 17.4. The summed E-state index contributed by atoms with van der Waals surface area (Å²) in [5, 5.41) is 1.35. The summed E-state index contributed by atoms with van der Waals surface area (Å²) in [4.78, 5) is 0. The van der Waals surface area contributed by atoms with Gasteiger partial charge in [0.1, 0.15) is 8.07 Å². The van der Waals surface area contributed by atoms with E-state index in [9.17, 15) is 4.57 Å². The Morgan fingerprint density at radius 1 is 0.885 bits per heavy atom. The highest BCUT2D eigenvalue weighted by molar-refractivity contribution is 7.48. The summed E-state index contributed by atoms with van der Waals surface area (Å²) in [5.41, 5.74) is 2.24. The van der Waals surface area contributed by atoms with Gasteiger partial charge in [-0.3, -0.25) is 13.6 Å². The maximum Gasteiger partial charge on any atom is 0.475 e. The van der Waals surface area contributed by atoms with Crippen molar-refractivity contribution in [3.8, 4) is 0 Å². The summed E-state index contributed by atoms with van der Waals surface area (Å²) in [5.74, 6) is 0.145. The fourth-order valence-electron chi connectivity index (χ4n) is 2.42. The average molecular weight is 399 g/mol. The van der Waals surface area contributed by atoms with Crippen molar-refractivity contribution in [1.29, 1.82) is 0 Å². The minimum Gasteiger partial charge on any atom is -0.284 e. The molecule has 0 aliphatic heterocycles. The maximum absolute atomic E-state index is 13.1. The quantitative estimate of drug-likeness (QED) is 0.375. The Morgan fingerprint density at radius 3 is 1.81 bits per heavy atom. The molecule has 26 heavy (non-hydrogen) atoms. The van der Waals surface area contributed by atoms with Crippen molar-refractivity contribution in [2.75, 3.05) is 0 Å². The Balaban J connectivity index is 3.02. The zero-order valence-corrected chi connectivity index (χ0v) is 19.3. The number of phosphoric ester groups is 1. The zero-order chi connectivity index (χ0) is 20.0. The molecule has 6 heteroatoms. The first-order chi connectivity index (χ1) is 11.9. The molecule has 0 radical (unpaired) electrons. The minimum atomic E-state index is -3.63. The Morgan fingerprint density at radius 2 is 1.38 bits per heavy atom. The van der Waals surface area contributed by atoms with E-state index in [4.69, 9.17) is 13.6 Å². The molecule has 148 valence electrons. The van der Waals surface area contributed by atoms with E-state index in [-0.39, 0.29) is 24.2 Å². The van der Waals surface area contributed by atoms with Crippen LogP contribution in [-0.2, 0) is 18.1 Å². The highest BCUT2D eigenvalue weighted by Gasteiger charge is 2.34. The second kappa shape index (κ2) is 10.0. The summed E-state index contributed by atoms with van der Waals surface area (Å²) in [6, 6.07) is 10.5. The molecule has 0 spiro atoms. The molecule has 4 nitrogen and oxygen atoms in total. The van der Waals surface area contributed by atoms with E-state index >= 15 is 0 Å². The number of phosphoric acid groups is 1. The van der Waals surface area contributed by atoms with Crippen LogP contribution in [0.15, 0.2) is 42.1 Å². The topological polar surface area (TPSA) is 44.8 Å². The molecule has 0 amide bonds. The molecule has 0 saturated heterocycles. The van der Waals surface area contributed by atoms with E-state index in [2.05, 4.69) is 43.1 Å². The van der Waals surface area contributed by atoms with Crippen LogP contribution >= 0.6 is 7.82 Å². The van der Waals surface area contributed by atoms with E-state index in [1.165, 1.54) is 5.19 Å². The molecule has 0 bridgehead atoms. The third-order valence-corrected chi connectivity index (χ3v) is 8.52. The fraction of sp³-hybridized carbons (Fsp3) is 0.600. The van der Waals surface area contributed by atoms with Crippen molar-refractivity contribution in [3.05, 3.63) is 42.1 Å². The van der Waals surface area contributed by atoms with Crippen molar-refractivity contribution in [2.45, 2.75) is 72.9 Å². The van der Waals surface area contributed by atoms with Crippen LogP contribution < -0.4 is 5.19 Å². The Hall–Kier alpha value is -0.713. The number of hydrogen-bond acceptors (Lipinski definition) is 4. The van der Waals surface area contributed by atoms with Gasteiger partial charge in [-0.05, 0) is 33.6 Å². The van der Waals surface area contributed by atoms with Crippen LogP contribution in [0.4, 0.5) is 0 Å². The van der Waals surface area contributed by atoms with Gasteiger partial charge >= 0.3 is 7.82 Å². The van der Waals surface area contributed by atoms with Gasteiger partial charge in [0.15, 0.2) is 0 Å². The molecular formula is C20H35O4PSi. The third-order valence-electron chi connectivity index (χ3n) is 3.81. The molecule has 0 aliphatic carbocycles. The lowest BCUT2D eigenvalue weighted by Crippen LogP contribution is -2.39. The van der Waals surface area contributed by atoms with Gasteiger partial charge in [0, 0.05) is 0 Å². The van der Waals surface area contributed by atoms with Gasteiger partial charge in [0.05, 0.1) is 18.3 Å². The van der Waals surface area contributed by atoms with Crippen LogP contribution in [0, 0.1) is 5.92 Å². The van der Waals surface area contributed by atoms with Gasteiger partial charge in [-0.25, -0.2) is 4.57 Å². The van der Waals surface area contributed by atoms with Crippen molar-refractivity contribution in [1.82, 2.24) is 0 Å². The minimum absolute atomic E-state index is 0.145. The summed E-state index contributed by atoms with van der Waals surface area (Å²) >= 11 is 0. The van der Waals surface area contributed by atoms with Crippen molar-refractivity contribution in [2.24, 2.45) is 5.92 Å². The van der Waals surface area contributed by atoms with Crippen LogP contribution in [0.1, 0.15) is 41.5 Å². The smallest absolute Gasteiger partial charge is 0.284 e. The normalized spacial score (nSPS) is 14.7. The lowest BCUT2D eigenvalue weighted by Gasteiger charge is -2.27. The first-order valence-corrected chi connectivity index (χ1v) is 13.9.